The van der Waals surface area contributed by atoms with Crippen molar-refractivity contribution in [2.24, 2.45) is 0 Å². The van der Waals surface area contributed by atoms with Gasteiger partial charge in [-0.05, 0) is 41.5 Å². The largest absolute Gasteiger partial charge is 0.488 e. The average molecular weight is 375 g/mol. The van der Waals surface area contributed by atoms with Crippen LogP contribution in [-0.2, 0) is 9.59 Å². The summed E-state index contributed by atoms with van der Waals surface area (Å²) >= 11 is 0. The van der Waals surface area contributed by atoms with Crippen molar-refractivity contribution in [3.63, 3.8) is 0 Å². The summed E-state index contributed by atoms with van der Waals surface area (Å²) < 4.78 is 35.4. The average Bonchev–Trinajstić information content (AvgIpc) is 3.05. The van der Waals surface area contributed by atoms with E-state index in [1.807, 2.05) is 19.1 Å². The van der Waals surface area contributed by atoms with Gasteiger partial charge in [0.1, 0.15) is 17.9 Å². The predicted molar refractivity (Wildman–Crippen MR) is 97.1 cm³/mol. The number of nitrogens with one attached hydrogen (secondary N) is 1. The lowest BCUT2D eigenvalue weighted by Crippen LogP contribution is -2.27. The summed E-state index contributed by atoms with van der Waals surface area (Å²) in [5.74, 6) is -0.558. The Morgan fingerprint density at radius 3 is 2.78 bits per heavy atom. The van der Waals surface area contributed by atoms with Crippen molar-refractivity contribution < 1.29 is 27.5 Å². The van der Waals surface area contributed by atoms with Gasteiger partial charge in [-0.1, -0.05) is 19.4 Å². The van der Waals surface area contributed by atoms with Gasteiger partial charge in [-0.2, -0.15) is 0 Å². The molecule has 7 heteroatoms. The number of ether oxygens (including phenoxy) is 1. The molecule has 2 aromatic carbocycles. The zero-order valence-corrected chi connectivity index (χ0v) is 14.7. The summed E-state index contributed by atoms with van der Waals surface area (Å²) in [6, 6.07) is 8.73. The van der Waals surface area contributed by atoms with E-state index in [2.05, 4.69) is 5.32 Å². The van der Waals surface area contributed by atoms with Crippen LogP contribution in [0.2, 0.25) is 0 Å². The number of hydrogen-bond donors (Lipinski definition) is 1. The van der Waals surface area contributed by atoms with Gasteiger partial charge in [0, 0.05) is 10.9 Å². The van der Waals surface area contributed by atoms with E-state index in [0.717, 1.165) is 22.6 Å². The number of halogens is 2. The van der Waals surface area contributed by atoms with Crippen LogP contribution in [0.1, 0.15) is 31.2 Å². The highest BCUT2D eigenvalue weighted by atomic mass is 19.3. The molecule has 3 aromatic rings. The Morgan fingerprint density at radius 2 is 2.07 bits per heavy atom. The van der Waals surface area contributed by atoms with Gasteiger partial charge in [0.25, 0.3) is 6.43 Å². The van der Waals surface area contributed by atoms with Gasteiger partial charge in [0.2, 0.25) is 12.3 Å². The van der Waals surface area contributed by atoms with E-state index in [1.165, 1.54) is 6.26 Å². The number of fused-ring (bicyclic) bond motifs is 2. The van der Waals surface area contributed by atoms with E-state index in [4.69, 9.17) is 9.15 Å². The Bertz CT molecular complexity index is 967. The number of benzene rings is 2. The summed E-state index contributed by atoms with van der Waals surface area (Å²) in [7, 11) is 0. The number of amides is 2. The third-order valence-electron chi connectivity index (χ3n) is 4.38. The molecule has 2 amide bonds. The molecule has 0 saturated carbocycles. The maximum Gasteiger partial charge on any atom is 0.272 e. The minimum absolute atomic E-state index is 0.344. The van der Waals surface area contributed by atoms with Crippen LogP contribution >= 0.6 is 0 Å². The zero-order valence-electron chi connectivity index (χ0n) is 14.7. The van der Waals surface area contributed by atoms with Crippen LogP contribution in [-0.4, -0.2) is 25.3 Å². The second-order valence-corrected chi connectivity index (χ2v) is 6.22. The quantitative estimate of drug-likeness (QED) is 0.593. The fraction of sp³-hybridized carbons (Fsp3) is 0.300. The Kier molecular flexibility index (Phi) is 5.69. The highest BCUT2D eigenvalue weighted by Crippen LogP contribution is 2.34. The molecule has 3 rings (SSSR count). The first-order chi connectivity index (χ1) is 13.0. The van der Waals surface area contributed by atoms with E-state index in [0.29, 0.717) is 29.7 Å². The molecule has 0 radical (unpaired) electrons. The van der Waals surface area contributed by atoms with Crippen molar-refractivity contribution in [1.82, 2.24) is 5.32 Å². The molecule has 0 aliphatic heterocycles. The third kappa shape index (κ3) is 4.07. The van der Waals surface area contributed by atoms with Crippen molar-refractivity contribution in [2.45, 2.75) is 32.1 Å². The van der Waals surface area contributed by atoms with Gasteiger partial charge in [-0.15, -0.1) is 0 Å². The molecule has 0 bridgehead atoms. The minimum atomic E-state index is -2.55. The smallest absolute Gasteiger partial charge is 0.272 e. The van der Waals surface area contributed by atoms with Crippen molar-refractivity contribution in [2.75, 3.05) is 6.61 Å². The lowest BCUT2D eigenvalue weighted by Gasteiger charge is -2.13. The molecule has 5 nitrogen and oxygen atoms in total. The molecule has 1 heterocycles. The monoisotopic (exact) mass is 375 g/mol. The molecule has 0 aliphatic carbocycles. The SMILES string of the molecule is CCCC(C(=O)NC=O)c1coc2cc3ccc(OCC(F)F)cc3cc12. The Labute approximate surface area is 154 Å². The van der Waals surface area contributed by atoms with Gasteiger partial charge < -0.3 is 9.15 Å². The second-order valence-electron chi connectivity index (χ2n) is 6.22. The zero-order chi connectivity index (χ0) is 19.4. The van der Waals surface area contributed by atoms with E-state index in [-0.39, 0.29) is 5.91 Å². The van der Waals surface area contributed by atoms with Crippen molar-refractivity contribution >= 4 is 34.1 Å². The number of hydrogen-bond acceptors (Lipinski definition) is 4. The first-order valence-corrected chi connectivity index (χ1v) is 8.63. The molecule has 142 valence electrons. The number of rotatable bonds is 8. The molecule has 1 atom stereocenters. The molecule has 1 unspecified atom stereocenters. The Morgan fingerprint density at radius 1 is 1.26 bits per heavy atom. The van der Waals surface area contributed by atoms with Crippen molar-refractivity contribution in [3.05, 3.63) is 42.2 Å². The van der Waals surface area contributed by atoms with Gasteiger partial charge >= 0.3 is 0 Å². The van der Waals surface area contributed by atoms with Crippen molar-refractivity contribution in [1.29, 1.82) is 0 Å². The molecule has 0 spiro atoms. The number of alkyl halides is 2. The van der Waals surface area contributed by atoms with E-state index in [9.17, 15) is 18.4 Å². The number of furan rings is 1. The van der Waals surface area contributed by atoms with Gasteiger partial charge in [0.05, 0.1) is 12.2 Å². The van der Waals surface area contributed by atoms with Crippen LogP contribution in [0.4, 0.5) is 8.78 Å². The molecular formula is C20H19F2NO4. The summed E-state index contributed by atoms with van der Waals surface area (Å²) in [4.78, 5) is 22.9. The molecule has 0 saturated heterocycles. The topological polar surface area (TPSA) is 68.5 Å². The molecule has 27 heavy (non-hydrogen) atoms. The second kappa shape index (κ2) is 8.16. The van der Waals surface area contributed by atoms with Crippen LogP contribution in [0.15, 0.2) is 41.0 Å². The first-order valence-electron chi connectivity index (χ1n) is 8.63. The highest BCUT2D eigenvalue weighted by Gasteiger charge is 2.24. The summed E-state index contributed by atoms with van der Waals surface area (Å²) in [5.41, 5.74) is 1.30. The fourth-order valence-electron chi connectivity index (χ4n) is 3.16. The maximum atomic E-state index is 12.4. The molecule has 1 N–H and O–H groups in total. The summed E-state index contributed by atoms with van der Waals surface area (Å²) in [6.45, 7) is 1.28. The lowest BCUT2D eigenvalue weighted by molar-refractivity contribution is -0.126. The van der Waals surface area contributed by atoms with Crippen LogP contribution in [0.25, 0.3) is 21.7 Å². The fourth-order valence-corrected chi connectivity index (χ4v) is 3.16. The molecular weight excluding hydrogens is 356 g/mol. The first kappa shape index (κ1) is 18.8. The highest BCUT2D eigenvalue weighted by molar-refractivity contribution is 6.01. The normalized spacial score (nSPS) is 12.4. The number of carbonyl (C=O) groups excluding carboxylic acids is 2. The third-order valence-corrected chi connectivity index (χ3v) is 4.38. The van der Waals surface area contributed by atoms with E-state index < -0.39 is 19.0 Å². The van der Waals surface area contributed by atoms with E-state index >= 15 is 0 Å². The number of imide groups is 1. The van der Waals surface area contributed by atoms with Crippen LogP contribution in [0.3, 0.4) is 0 Å². The Balaban J connectivity index is 2.03. The van der Waals surface area contributed by atoms with Crippen molar-refractivity contribution in [3.8, 4) is 5.75 Å². The van der Waals surface area contributed by atoms with E-state index in [1.54, 1.807) is 18.2 Å². The van der Waals surface area contributed by atoms with Gasteiger partial charge in [-0.25, -0.2) is 8.78 Å². The standard InChI is InChI=1S/C20H19F2NO4/c1-2-3-15(20(25)23-11-24)17-9-27-18-8-12-4-5-14(26-10-19(21)22)6-13(12)7-16(17)18/h4-9,11,15,19H,2-3,10H2,1H3,(H,23,24,25). The predicted octanol–water partition coefficient (Wildman–Crippen LogP) is 4.39. The maximum absolute atomic E-state index is 12.4. The van der Waals surface area contributed by atoms with Gasteiger partial charge in [-0.3, -0.25) is 14.9 Å². The van der Waals surface area contributed by atoms with Crippen LogP contribution in [0, 0.1) is 0 Å². The van der Waals surface area contributed by atoms with Crippen LogP contribution in [0.5, 0.6) is 5.75 Å². The minimum Gasteiger partial charge on any atom is -0.488 e. The molecule has 0 fully saturated rings. The molecule has 1 aromatic heterocycles. The molecule has 0 aliphatic rings. The summed E-state index contributed by atoms with van der Waals surface area (Å²) in [5, 5.41) is 4.59. The van der Waals surface area contributed by atoms with Gasteiger partial charge in [0.15, 0.2) is 0 Å². The lowest BCUT2D eigenvalue weighted by atomic mass is 9.92. The van der Waals surface area contributed by atoms with Crippen LogP contribution < -0.4 is 10.1 Å². The Hall–Kier alpha value is -2.96. The summed E-state index contributed by atoms with van der Waals surface area (Å²) in [6.07, 6.45) is 0.666. The number of carbonyl (C=O) groups is 2.